The highest BCUT2D eigenvalue weighted by Crippen LogP contribution is 2.37. The van der Waals surface area contributed by atoms with Gasteiger partial charge < -0.3 is 9.47 Å². The molecule has 0 fully saturated rings. The number of ether oxygens (including phenoxy) is 2. The number of hydrazone groups is 1. The van der Waals surface area contributed by atoms with Crippen LogP contribution in [0.3, 0.4) is 0 Å². The Bertz CT molecular complexity index is 1100. The van der Waals surface area contributed by atoms with Crippen LogP contribution >= 0.6 is 11.8 Å². The van der Waals surface area contributed by atoms with Crippen molar-refractivity contribution in [2.45, 2.75) is 13.1 Å². The number of amidine groups is 1. The molecule has 3 aliphatic rings. The number of hydrogen-bond donors (Lipinski definition) is 1. The Balaban J connectivity index is 1.71. The second-order valence-corrected chi connectivity index (χ2v) is 7.37. The summed E-state index contributed by atoms with van der Waals surface area (Å²) in [5.74, 6) is 2.03. The average molecular weight is 380 g/mol. The summed E-state index contributed by atoms with van der Waals surface area (Å²) in [5.41, 5.74) is 1.38. The Hall–Kier alpha value is -3.00. The van der Waals surface area contributed by atoms with Gasteiger partial charge in [0.1, 0.15) is 5.70 Å². The van der Waals surface area contributed by atoms with Crippen molar-refractivity contribution in [1.29, 1.82) is 0 Å². The third kappa shape index (κ3) is 2.64. The average Bonchev–Trinajstić information content (AvgIpc) is 3.15. The van der Waals surface area contributed by atoms with E-state index < -0.39 is 6.17 Å². The lowest BCUT2D eigenvalue weighted by Crippen LogP contribution is -2.50. The number of rotatable bonds is 2. The summed E-state index contributed by atoms with van der Waals surface area (Å²) in [6.45, 7) is 2.23. The lowest BCUT2D eigenvalue weighted by molar-refractivity contribution is -0.116. The summed E-state index contributed by atoms with van der Waals surface area (Å²) < 4.78 is 10.9. The van der Waals surface area contributed by atoms with Gasteiger partial charge in [0.2, 0.25) is 6.79 Å². The maximum Gasteiger partial charge on any atom is 0.276 e. The second-order valence-electron chi connectivity index (χ2n) is 6.12. The highest BCUT2D eigenvalue weighted by atomic mass is 32.2. The lowest BCUT2D eigenvalue weighted by atomic mass is 10.1. The molecular formula is C19H16N4O3S. The number of fused-ring (bicyclic) bond motifs is 3. The van der Waals surface area contributed by atoms with Gasteiger partial charge in [-0.3, -0.25) is 15.1 Å². The fourth-order valence-electron chi connectivity index (χ4n) is 3.32. The third-order valence-corrected chi connectivity index (χ3v) is 5.24. The second kappa shape index (κ2) is 6.31. The molecule has 2 aromatic carbocycles. The van der Waals surface area contributed by atoms with Gasteiger partial charge >= 0.3 is 0 Å². The molecule has 3 heterocycles. The van der Waals surface area contributed by atoms with Gasteiger partial charge in [-0.1, -0.05) is 43.0 Å². The van der Waals surface area contributed by atoms with E-state index in [0.717, 1.165) is 21.9 Å². The highest BCUT2D eigenvalue weighted by molar-refractivity contribution is 8.13. The van der Waals surface area contributed by atoms with E-state index >= 15 is 0 Å². The van der Waals surface area contributed by atoms with E-state index in [4.69, 9.17) is 14.5 Å². The maximum atomic E-state index is 12.9. The Kier molecular flexibility index (Phi) is 3.78. The quantitative estimate of drug-likeness (QED) is 0.850. The molecule has 7 nitrogen and oxygen atoms in total. The van der Waals surface area contributed by atoms with Gasteiger partial charge in [-0.2, -0.15) is 0 Å². The highest BCUT2D eigenvalue weighted by Gasteiger charge is 2.34. The van der Waals surface area contributed by atoms with Gasteiger partial charge in [-0.05, 0) is 24.0 Å². The Morgan fingerprint density at radius 2 is 2.07 bits per heavy atom. The summed E-state index contributed by atoms with van der Waals surface area (Å²) >= 11 is 1.49. The molecule has 2 aromatic rings. The molecule has 3 aliphatic heterocycles. The minimum absolute atomic E-state index is 0.172. The van der Waals surface area contributed by atoms with Crippen molar-refractivity contribution in [1.82, 2.24) is 10.3 Å². The number of nitrogens with zero attached hydrogens (tertiary/aromatic N) is 3. The minimum atomic E-state index is -0.456. The van der Waals surface area contributed by atoms with Crippen LogP contribution < -0.4 is 25.4 Å². The zero-order valence-corrected chi connectivity index (χ0v) is 15.3. The molecular weight excluding hydrogens is 364 g/mol. The van der Waals surface area contributed by atoms with E-state index in [1.165, 1.54) is 11.8 Å². The number of carbonyl (C=O) groups excluding carboxylic acids is 1. The molecule has 0 unspecified atom stereocenters. The molecule has 0 aromatic heterocycles. The lowest BCUT2D eigenvalue weighted by Gasteiger charge is -2.34. The maximum absolute atomic E-state index is 12.9. The van der Waals surface area contributed by atoms with E-state index in [-0.39, 0.29) is 12.7 Å². The summed E-state index contributed by atoms with van der Waals surface area (Å²) in [5, 5.41) is 11.4. The predicted octanol–water partition coefficient (Wildman–Crippen LogP) is 1.31. The summed E-state index contributed by atoms with van der Waals surface area (Å²) in [4.78, 5) is 17.7. The van der Waals surface area contributed by atoms with Crippen molar-refractivity contribution < 1.29 is 14.3 Å². The SMILES string of the molecule is CCSC1=NN2C(=c3ccccc3=N[C@@H]2c2ccc3c(c2)OCO3)C(=O)N1. The number of nitrogens with one attached hydrogen (secondary N) is 1. The monoisotopic (exact) mass is 380 g/mol. The first-order valence-electron chi connectivity index (χ1n) is 8.63. The zero-order chi connectivity index (χ0) is 18.4. The van der Waals surface area contributed by atoms with Crippen molar-refractivity contribution in [3.8, 4) is 11.5 Å². The van der Waals surface area contributed by atoms with Crippen LogP contribution in [0.25, 0.3) is 5.70 Å². The smallest absolute Gasteiger partial charge is 0.276 e. The summed E-state index contributed by atoms with van der Waals surface area (Å²) in [7, 11) is 0. The fraction of sp³-hybridized carbons (Fsp3) is 0.211. The Morgan fingerprint density at radius 3 is 2.96 bits per heavy atom. The molecule has 0 saturated carbocycles. The Labute approximate surface area is 159 Å². The zero-order valence-electron chi connectivity index (χ0n) is 14.5. The van der Waals surface area contributed by atoms with Gasteiger partial charge in [0.15, 0.2) is 22.8 Å². The van der Waals surface area contributed by atoms with E-state index in [2.05, 4.69) is 10.4 Å². The van der Waals surface area contributed by atoms with E-state index in [1.807, 2.05) is 49.4 Å². The van der Waals surface area contributed by atoms with Crippen LogP contribution in [0.1, 0.15) is 18.7 Å². The first-order chi connectivity index (χ1) is 13.2. The molecule has 0 saturated heterocycles. The van der Waals surface area contributed by atoms with Crippen molar-refractivity contribution in [3.05, 3.63) is 58.6 Å². The molecule has 8 heteroatoms. The predicted molar refractivity (Wildman–Crippen MR) is 101 cm³/mol. The molecule has 1 N–H and O–H groups in total. The van der Waals surface area contributed by atoms with Gasteiger partial charge in [-0.25, -0.2) is 5.01 Å². The largest absolute Gasteiger partial charge is 0.454 e. The molecule has 1 atom stereocenters. The van der Waals surface area contributed by atoms with E-state index in [9.17, 15) is 4.79 Å². The summed E-state index contributed by atoms with van der Waals surface area (Å²) in [6.07, 6.45) is -0.456. The van der Waals surface area contributed by atoms with Gasteiger partial charge in [-0.15, -0.1) is 5.10 Å². The number of benzene rings is 2. The Morgan fingerprint density at radius 1 is 1.22 bits per heavy atom. The number of hydrogen-bond acceptors (Lipinski definition) is 7. The molecule has 0 spiro atoms. The van der Waals surface area contributed by atoms with Crippen LogP contribution in [0.2, 0.25) is 0 Å². The fourth-order valence-corrected chi connectivity index (χ4v) is 3.90. The van der Waals surface area contributed by atoms with Crippen molar-refractivity contribution in [2.75, 3.05) is 12.5 Å². The van der Waals surface area contributed by atoms with Crippen LogP contribution in [0.5, 0.6) is 11.5 Å². The number of para-hydroxylation sites is 1. The normalized spacial score (nSPS) is 19.7. The van der Waals surface area contributed by atoms with Crippen LogP contribution in [0.4, 0.5) is 0 Å². The van der Waals surface area contributed by atoms with Gasteiger partial charge in [0.05, 0.1) is 5.36 Å². The van der Waals surface area contributed by atoms with Crippen LogP contribution in [0.15, 0.2) is 52.6 Å². The first-order valence-corrected chi connectivity index (χ1v) is 9.62. The molecule has 0 aliphatic carbocycles. The standard InChI is InChI=1S/C19H16N4O3S/c1-2-27-19-21-18(24)16-12-5-3-4-6-13(12)20-17(23(16)22-19)11-7-8-14-15(9-11)26-10-25-14/h3-9,17H,2,10H2,1H3,(H,21,22,24)/t17-/m0/s1. The van der Waals surface area contributed by atoms with Gasteiger partial charge in [0, 0.05) is 10.8 Å². The molecule has 5 rings (SSSR count). The summed E-state index contributed by atoms with van der Waals surface area (Å²) in [6, 6.07) is 13.3. The van der Waals surface area contributed by atoms with Crippen LogP contribution in [-0.2, 0) is 4.79 Å². The molecule has 0 bridgehead atoms. The first kappa shape index (κ1) is 16.2. The third-order valence-electron chi connectivity index (χ3n) is 4.49. The number of carbonyl (C=O) groups is 1. The van der Waals surface area contributed by atoms with Crippen molar-refractivity contribution in [3.63, 3.8) is 0 Å². The molecule has 0 radical (unpaired) electrons. The van der Waals surface area contributed by atoms with Crippen molar-refractivity contribution >= 4 is 28.5 Å². The molecule has 136 valence electrons. The van der Waals surface area contributed by atoms with Gasteiger partial charge in [0.25, 0.3) is 5.91 Å². The van der Waals surface area contributed by atoms with E-state index in [1.54, 1.807) is 5.01 Å². The van der Waals surface area contributed by atoms with Crippen molar-refractivity contribution in [2.24, 2.45) is 10.1 Å². The minimum Gasteiger partial charge on any atom is -0.454 e. The molecule has 27 heavy (non-hydrogen) atoms. The number of amides is 1. The van der Waals surface area contributed by atoms with Crippen LogP contribution in [-0.4, -0.2) is 28.6 Å². The van der Waals surface area contributed by atoms with E-state index in [0.29, 0.717) is 22.4 Å². The van der Waals surface area contributed by atoms with Crippen LogP contribution in [0, 0.1) is 0 Å². The number of thioether (sulfide) groups is 1. The topological polar surface area (TPSA) is 75.5 Å². The molecule has 1 amide bonds.